The number of nitrogens with zero attached hydrogens (tertiary/aromatic N) is 3. The fourth-order valence-corrected chi connectivity index (χ4v) is 4.29. The quantitative estimate of drug-likeness (QED) is 0.338. The highest BCUT2D eigenvalue weighted by atomic mass is 32.2. The third-order valence-electron chi connectivity index (χ3n) is 5.38. The van der Waals surface area contributed by atoms with Gasteiger partial charge in [-0.05, 0) is 72.8 Å². The third kappa shape index (κ3) is 5.64. The predicted molar refractivity (Wildman–Crippen MR) is 134 cm³/mol. The van der Waals surface area contributed by atoms with Gasteiger partial charge in [0.25, 0.3) is 0 Å². The maximum Gasteiger partial charge on any atom is 0.331 e. The molecule has 0 unspecified atom stereocenters. The number of para-hydroxylation sites is 2. The number of aromatic nitrogens is 3. The van der Waals surface area contributed by atoms with Crippen molar-refractivity contribution in [2.75, 3.05) is 19.0 Å². The molecular formula is C25H27N5O2S. The van der Waals surface area contributed by atoms with Crippen molar-refractivity contribution in [3.63, 3.8) is 0 Å². The van der Waals surface area contributed by atoms with Gasteiger partial charge in [-0.2, -0.15) is 0 Å². The van der Waals surface area contributed by atoms with Crippen LogP contribution >= 0.6 is 11.9 Å². The Morgan fingerprint density at radius 3 is 2.76 bits per heavy atom. The summed E-state index contributed by atoms with van der Waals surface area (Å²) >= 11 is 1.45. The number of nitrogens with one attached hydrogen (secondary N) is 2. The molecule has 0 bridgehead atoms. The van der Waals surface area contributed by atoms with E-state index >= 15 is 0 Å². The van der Waals surface area contributed by atoms with E-state index in [4.69, 9.17) is 9.72 Å². The Morgan fingerprint density at radius 1 is 1.15 bits per heavy atom. The van der Waals surface area contributed by atoms with Crippen molar-refractivity contribution in [1.82, 2.24) is 19.3 Å². The number of fused-ring (bicyclic) bond motifs is 1. The largest absolute Gasteiger partial charge is 0.495 e. The maximum absolute atomic E-state index is 13.2. The van der Waals surface area contributed by atoms with Crippen LogP contribution in [-0.2, 0) is 12.2 Å². The molecule has 0 aliphatic heterocycles. The predicted octanol–water partition coefficient (Wildman–Crippen LogP) is 5.51. The van der Waals surface area contributed by atoms with Crippen LogP contribution in [0.2, 0.25) is 0 Å². The van der Waals surface area contributed by atoms with Gasteiger partial charge in [-0.3, -0.25) is 9.29 Å². The molecule has 0 spiro atoms. The minimum Gasteiger partial charge on any atom is -0.495 e. The summed E-state index contributed by atoms with van der Waals surface area (Å²) < 4.78 is 7.10. The Kier molecular flexibility index (Phi) is 7.14. The first-order chi connectivity index (χ1) is 16.0. The lowest BCUT2D eigenvalue weighted by atomic mass is 10.1. The summed E-state index contributed by atoms with van der Waals surface area (Å²) in [5.41, 5.74) is 6.08. The first-order valence-electron chi connectivity index (χ1n) is 10.7. The van der Waals surface area contributed by atoms with Crippen LogP contribution in [0.4, 0.5) is 10.5 Å². The molecule has 2 aromatic heterocycles. The van der Waals surface area contributed by atoms with E-state index in [9.17, 15) is 4.79 Å². The number of benzene rings is 2. The number of hydrogen-bond acceptors (Lipinski definition) is 5. The molecule has 7 nitrogen and oxygen atoms in total. The molecule has 0 atom stereocenters. The number of aryl methyl sites for hydroxylation is 2. The van der Waals surface area contributed by atoms with Gasteiger partial charge >= 0.3 is 6.03 Å². The van der Waals surface area contributed by atoms with Crippen molar-refractivity contribution in [2.24, 2.45) is 0 Å². The Balaban J connectivity index is 1.49. The molecule has 170 valence electrons. The number of urea groups is 1. The summed E-state index contributed by atoms with van der Waals surface area (Å²) in [7, 11) is 1.59. The molecule has 4 aromatic rings. The number of methoxy groups -OCH3 is 1. The molecule has 2 amide bonds. The van der Waals surface area contributed by atoms with Crippen molar-refractivity contribution in [3.05, 3.63) is 83.4 Å². The fraction of sp³-hybridized carbons (Fsp3) is 0.240. The second-order valence-electron chi connectivity index (χ2n) is 7.75. The van der Waals surface area contributed by atoms with E-state index in [0.29, 0.717) is 30.2 Å². The van der Waals surface area contributed by atoms with Gasteiger partial charge in [-0.25, -0.2) is 9.78 Å². The van der Waals surface area contributed by atoms with E-state index in [0.717, 1.165) is 22.4 Å². The number of amides is 2. The van der Waals surface area contributed by atoms with Crippen LogP contribution in [0.1, 0.15) is 22.5 Å². The van der Waals surface area contributed by atoms with Crippen LogP contribution in [-0.4, -0.2) is 38.9 Å². The van der Waals surface area contributed by atoms with Crippen molar-refractivity contribution in [3.8, 4) is 5.75 Å². The summed E-state index contributed by atoms with van der Waals surface area (Å²) in [6.45, 7) is 4.67. The van der Waals surface area contributed by atoms with Gasteiger partial charge in [-0.1, -0.05) is 18.2 Å². The zero-order chi connectivity index (χ0) is 23.2. The molecule has 0 radical (unpaired) electrons. The lowest BCUT2D eigenvalue weighted by Gasteiger charge is -2.22. The van der Waals surface area contributed by atoms with Crippen molar-refractivity contribution in [1.29, 1.82) is 0 Å². The van der Waals surface area contributed by atoms with E-state index in [2.05, 4.69) is 41.3 Å². The zero-order valence-corrected chi connectivity index (χ0v) is 19.8. The minimum absolute atomic E-state index is 0.212. The van der Waals surface area contributed by atoms with Crippen molar-refractivity contribution < 1.29 is 9.53 Å². The summed E-state index contributed by atoms with van der Waals surface area (Å²) in [4.78, 5) is 25.5. The van der Waals surface area contributed by atoms with E-state index in [1.54, 1.807) is 17.6 Å². The highest BCUT2D eigenvalue weighted by Gasteiger charge is 2.18. The molecule has 0 aliphatic carbocycles. The number of hydrogen-bond donors (Lipinski definition) is 2. The Labute approximate surface area is 197 Å². The summed E-state index contributed by atoms with van der Waals surface area (Å²) in [6, 6.07) is 15.3. The lowest BCUT2D eigenvalue weighted by molar-refractivity contribution is 0.238. The molecule has 0 aliphatic rings. The van der Waals surface area contributed by atoms with Crippen LogP contribution in [0, 0.1) is 13.8 Å². The third-order valence-corrected chi connectivity index (χ3v) is 6.51. The molecule has 2 heterocycles. The van der Waals surface area contributed by atoms with Crippen molar-refractivity contribution >= 4 is 34.7 Å². The van der Waals surface area contributed by atoms with Gasteiger partial charge in [0.15, 0.2) is 0 Å². The second kappa shape index (κ2) is 10.4. The van der Waals surface area contributed by atoms with Crippen molar-refractivity contribution in [2.45, 2.75) is 26.0 Å². The van der Waals surface area contributed by atoms with E-state index in [-0.39, 0.29) is 6.03 Å². The molecule has 33 heavy (non-hydrogen) atoms. The molecular weight excluding hydrogens is 434 g/mol. The average Bonchev–Trinajstić information content (AvgIpc) is 3.21. The number of carbonyl (C=O) groups excluding carboxylic acids is 1. The van der Waals surface area contributed by atoms with Crippen LogP contribution in [0.5, 0.6) is 5.75 Å². The SMILES string of the molecule is COc1ccccc1NC(=O)N(CCc1nc2cc(C)c(C)cc2[nH]1)SCc1cccnc1. The first kappa shape index (κ1) is 22.7. The first-order valence-corrected chi connectivity index (χ1v) is 11.7. The Bertz CT molecular complexity index is 1200. The molecule has 0 saturated carbocycles. The average molecular weight is 462 g/mol. The zero-order valence-electron chi connectivity index (χ0n) is 19.0. The minimum atomic E-state index is -0.212. The highest BCUT2D eigenvalue weighted by Crippen LogP contribution is 2.26. The van der Waals surface area contributed by atoms with Gasteiger partial charge in [0.05, 0.1) is 23.8 Å². The number of rotatable bonds is 8. The molecule has 2 N–H and O–H groups in total. The van der Waals surface area contributed by atoms with Gasteiger partial charge in [-0.15, -0.1) is 0 Å². The molecule has 0 saturated heterocycles. The van der Waals surface area contributed by atoms with Gasteiger partial charge < -0.3 is 15.0 Å². The monoisotopic (exact) mass is 461 g/mol. The van der Waals surface area contributed by atoms with E-state index in [1.807, 2.05) is 42.6 Å². The smallest absolute Gasteiger partial charge is 0.331 e. The van der Waals surface area contributed by atoms with Gasteiger partial charge in [0.1, 0.15) is 11.6 Å². The summed E-state index contributed by atoms with van der Waals surface area (Å²) in [5, 5.41) is 2.97. The van der Waals surface area contributed by atoms with Gasteiger partial charge in [0.2, 0.25) is 0 Å². The highest BCUT2D eigenvalue weighted by molar-refractivity contribution is 7.96. The second-order valence-corrected chi connectivity index (χ2v) is 8.74. The lowest BCUT2D eigenvalue weighted by Crippen LogP contribution is -2.31. The maximum atomic E-state index is 13.2. The number of imidazole rings is 1. The molecule has 2 aromatic carbocycles. The van der Waals surface area contributed by atoms with Crippen LogP contribution in [0.15, 0.2) is 60.9 Å². The number of ether oxygens (including phenoxy) is 1. The standard InChI is InChI=1S/C25H27N5O2S/c1-17-13-21-22(14-18(17)2)28-24(27-21)10-12-30(33-16-19-7-6-11-26-15-19)25(31)29-20-8-4-5-9-23(20)32-3/h4-9,11,13-15H,10,12,16H2,1-3H3,(H,27,28)(H,29,31). The molecule has 0 fully saturated rings. The summed E-state index contributed by atoms with van der Waals surface area (Å²) in [6.07, 6.45) is 4.16. The van der Waals surface area contributed by atoms with E-state index in [1.165, 1.54) is 23.1 Å². The Morgan fingerprint density at radius 2 is 1.97 bits per heavy atom. The number of pyridine rings is 1. The topological polar surface area (TPSA) is 83.1 Å². The molecule has 4 rings (SSSR count). The fourth-order valence-electron chi connectivity index (χ4n) is 3.43. The normalized spacial score (nSPS) is 10.9. The van der Waals surface area contributed by atoms with Crippen LogP contribution < -0.4 is 10.1 Å². The van der Waals surface area contributed by atoms with Gasteiger partial charge in [0, 0.05) is 31.1 Å². The number of H-pyrrole nitrogens is 1. The molecule has 8 heteroatoms. The van der Waals surface area contributed by atoms with E-state index < -0.39 is 0 Å². The number of carbonyl (C=O) groups is 1. The number of aromatic amines is 1. The van der Waals surface area contributed by atoms with Crippen LogP contribution in [0.25, 0.3) is 11.0 Å². The van der Waals surface area contributed by atoms with Crippen LogP contribution in [0.3, 0.4) is 0 Å². The number of anilines is 1. The summed E-state index contributed by atoms with van der Waals surface area (Å²) in [5.74, 6) is 2.10. The Hall–Kier alpha value is -3.52.